The van der Waals surface area contributed by atoms with Gasteiger partial charge in [0.2, 0.25) is 0 Å². The van der Waals surface area contributed by atoms with Crippen LogP contribution >= 0.6 is 0 Å². The van der Waals surface area contributed by atoms with E-state index in [4.69, 9.17) is 5.73 Å². The predicted molar refractivity (Wildman–Crippen MR) is 72.4 cm³/mol. The van der Waals surface area contributed by atoms with Crippen molar-refractivity contribution in [1.29, 1.82) is 0 Å². The fraction of sp³-hybridized carbons (Fsp3) is 0.769. The zero-order valence-corrected chi connectivity index (χ0v) is 11.6. The Morgan fingerprint density at radius 3 is 2.47 bits per heavy atom. The average Bonchev–Trinajstić information content (AvgIpc) is 2.69. The Morgan fingerprint density at radius 2 is 2.00 bits per heavy atom. The van der Waals surface area contributed by atoms with Crippen LogP contribution in [0.2, 0.25) is 0 Å². The van der Waals surface area contributed by atoms with Gasteiger partial charge in [0.15, 0.2) is 5.82 Å². The first-order valence-electron chi connectivity index (χ1n) is 6.53. The highest BCUT2D eigenvalue weighted by Gasteiger charge is 2.31. The lowest BCUT2D eigenvalue weighted by Crippen LogP contribution is -2.30. The maximum Gasteiger partial charge on any atom is 0.151 e. The van der Waals surface area contributed by atoms with Gasteiger partial charge < -0.3 is 10.6 Å². The second-order valence-corrected chi connectivity index (χ2v) is 5.70. The van der Waals surface area contributed by atoms with Gasteiger partial charge in [-0.05, 0) is 40.0 Å². The van der Waals surface area contributed by atoms with Gasteiger partial charge >= 0.3 is 0 Å². The Hall–Kier alpha value is -1.19. The fourth-order valence-corrected chi connectivity index (χ4v) is 2.79. The third-order valence-electron chi connectivity index (χ3n) is 3.65. The van der Waals surface area contributed by atoms with Gasteiger partial charge in [-0.15, -0.1) is 0 Å². The molecule has 2 unspecified atom stereocenters. The molecule has 4 heteroatoms. The summed E-state index contributed by atoms with van der Waals surface area (Å²) in [5.41, 5.74) is 8.00. The lowest BCUT2D eigenvalue weighted by Gasteiger charge is -2.26. The summed E-state index contributed by atoms with van der Waals surface area (Å²) in [6.07, 6.45) is 1.24. The first-order chi connectivity index (χ1) is 7.91. The van der Waals surface area contributed by atoms with Gasteiger partial charge in [0.1, 0.15) is 0 Å². The van der Waals surface area contributed by atoms with Gasteiger partial charge in [0, 0.05) is 18.6 Å². The van der Waals surface area contributed by atoms with Crippen molar-refractivity contribution in [2.75, 3.05) is 17.2 Å². The van der Waals surface area contributed by atoms with Crippen LogP contribution in [0.4, 0.5) is 11.5 Å². The number of nitrogen functional groups attached to an aromatic ring is 1. The Balaban J connectivity index is 2.43. The molecular formula is C13H24N4. The summed E-state index contributed by atoms with van der Waals surface area (Å²) in [5.74, 6) is 1.86. The molecule has 0 bridgehead atoms. The molecule has 4 nitrogen and oxygen atoms in total. The molecule has 1 aliphatic heterocycles. The fourth-order valence-electron chi connectivity index (χ4n) is 2.79. The summed E-state index contributed by atoms with van der Waals surface area (Å²) in [6.45, 7) is 12.0. The number of nitrogens with two attached hydrogens (primary N) is 1. The summed E-state index contributed by atoms with van der Waals surface area (Å²) in [6, 6.07) is 0.907. The summed E-state index contributed by atoms with van der Waals surface area (Å²) >= 11 is 0. The number of rotatable bonds is 2. The van der Waals surface area contributed by atoms with Crippen LogP contribution in [0.25, 0.3) is 0 Å². The maximum absolute atomic E-state index is 6.20. The highest BCUT2D eigenvalue weighted by Crippen LogP contribution is 2.35. The molecule has 2 N–H and O–H groups in total. The molecule has 1 fully saturated rings. The molecule has 17 heavy (non-hydrogen) atoms. The van der Waals surface area contributed by atoms with Gasteiger partial charge in [-0.3, -0.25) is 0 Å². The molecule has 2 heterocycles. The second-order valence-electron chi connectivity index (χ2n) is 5.70. The van der Waals surface area contributed by atoms with Gasteiger partial charge in [0.25, 0.3) is 0 Å². The van der Waals surface area contributed by atoms with E-state index < -0.39 is 0 Å². The molecule has 0 amide bonds. The molecule has 2 rings (SSSR count). The van der Waals surface area contributed by atoms with E-state index in [0.717, 1.165) is 29.7 Å². The van der Waals surface area contributed by atoms with Crippen LogP contribution in [-0.4, -0.2) is 22.4 Å². The van der Waals surface area contributed by atoms with Crippen LogP contribution < -0.4 is 10.6 Å². The predicted octanol–water partition coefficient (Wildman–Crippen LogP) is 2.59. The Bertz CT molecular complexity index is 408. The van der Waals surface area contributed by atoms with Crippen molar-refractivity contribution in [2.24, 2.45) is 5.92 Å². The highest BCUT2D eigenvalue weighted by molar-refractivity contribution is 5.67. The third kappa shape index (κ3) is 2.01. The van der Waals surface area contributed by atoms with Crippen molar-refractivity contribution in [3.05, 3.63) is 5.69 Å². The van der Waals surface area contributed by atoms with E-state index in [1.54, 1.807) is 0 Å². The Kier molecular flexibility index (Phi) is 3.06. The second kappa shape index (κ2) is 4.24. The van der Waals surface area contributed by atoms with Gasteiger partial charge in [-0.2, -0.15) is 5.10 Å². The molecular weight excluding hydrogens is 212 g/mol. The zero-order valence-electron chi connectivity index (χ0n) is 11.6. The minimum Gasteiger partial charge on any atom is -0.394 e. The number of hydrogen-bond donors (Lipinski definition) is 1. The van der Waals surface area contributed by atoms with Gasteiger partial charge in [0.05, 0.1) is 11.4 Å². The van der Waals surface area contributed by atoms with E-state index in [2.05, 4.69) is 42.4 Å². The van der Waals surface area contributed by atoms with Crippen LogP contribution in [0, 0.1) is 12.8 Å². The minimum absolute atomic E-state index is 0.351. The van der Waals surface area contributed by atoms with Crippen molar-refractivity contribution >= 4 is 11.5 Å². The third-order valence-corrected chi connectivity index (χ3v) is 3.65. The van der Waals surface area contributed by atoms with Gasteiger partial charge in [-0.25, -0.2) is 4.68 Å². The lowest BCUT2D eigenvalue weighted by atomic mass is 10.1. The van der Waals surface area contributed by atoms with Crippen LogP contribution in [0.3, 0.4) is 0 Å². The molecule has 0 spiro atoms. The van der Waals surface area contributed by atoms with E-state index in [1.165, 1.54) is 6.42 Å². The normalized spacial score (nSPS) is 24.9. The van der Waals surface area contributed by atoms with E-state index in [-0.39, 0.29) is 0 Å². The first-order valence-corrected chi connectivity index (χ1v) is 6.53. The summed E-state index contributed by atoms with van der Waals surface area (Å²) in [7, 11) is 0. The van der Waals surface area contributed by atoms with Crippen molar-refractivity contribution in [2.45, 2.75) is 53.1 Å². The highest BCUT2D eigenvalue weighted by atomic mass is 15.4. The molecule has 0 saturated carbocycles. The molecule has 0 radical (unpaired) electrons. The van der Waals surface area contributed by atoms with E-state index in [1.807, 2.05) is 6.92 Å². The van der Waals surface area contributed by atoms with Crippen molar-refractivity contribution in [1.82, 2.24) is 9.78 Å². The quantitative estimate of drug-likeness (QED) is 0.858. The molecule has 0 aromatic carbocycles. The Morgan fingerprint density at radius 1 is 1.35 bits per heavy atom. The lowest BCUT2D eigenvalue weighted by molar-refractivity contribution is 0.520. The smallest absolute Gasteiger partial charge is 0.151 e. The zero-order chi connectivity index (χ0) is 12.7. The number of hydrogen-bond acceptors (Lipinski definition) is 3. The number of aromatic nitrogens is 2. The van der Waals surface area contributed by atoms with E-state index in [0.29, 0.717) is 12.1 Å². The van der Waals surface area contributed by atoms with E-state index >= 15 is 0 Å². The number of anilines is 2. The summed E-state index contributed by atoms with van der Waals surface area (Å²) in [5, 5.41) is 4.56. The molecule has 2 atom stereocenters. The Labute approximate surface area is 104 Å². The topological polar surface area (TPSA) is 47.1 Å². The van der Waals surface area contributed by atoms with Crippen molar-refractivity contribution < 1.29 is 0 Å². The molecule has 1 aliphatic rings. The monoisotopic (exact) mass is 236 g/mol. The molecule has 0 aliphatic carbocycles. The van der Waals surface area contributed by atoms with Crippen LogP contribution in [0.15, 0.2) is 0 Å². The standard InChI is InChI=1S/C13H24N4/c1-8(2)17-13(12(14)11(5)15-17)16-7-9(3)6-10(16)4/h8-10H,6-7,14H2,1-5H3. The van der Waals surface area contributed by atoms with Crippen molar-refractivity contribution in [3.63, 3.8) is 0 Å². The maximum atomic E-state index is 6.20. The number of aryl methyl sites for hydroxylation is 1. The molecule has 96 valence electrons. The van der Waals surface area contributed by atoms with Gasteiger partial charge in [-0.1, -0.05) is 6.92 Å². The van der Waals surface area contributed by atoms with Crippen molar-refractivity contribution in [3.8, 4) is 0 Å². The first kappa shape index (κ1) is 12.3. The van der Waals surface area contributed by atoms with Crippen LogP contribution in [0.5, 0.6) is 0 Å². The number of nitrogens with zero attached hydrogens (tertiary/aromatic N) is 3. The minimum atomic E-state index is 0.351. The molecule has 1 saturated heterocycles. The largest absolute Gasteiger partial charge is 0.394 e. The van der Waals surface area contributed by atoms with E-state index in [9.17, 15) is 0 Å². The molecule has 1 aromatic heterocycles. The average molecular weight is 236 g/mol. The summed E-state index contributed by atoms with van der Waals surface area (Å²) in [4.78, 5) is 2.42. The van der Waals surface area contributed by atoms with Crippen LogP contribution in [-0.2, 0) is 0 Å². The van der Waals surface area contributed by atoms with Crippen LogP contribution in [0.1, 0.15) is 45.9 Å². The molecule has 1 aromatic rings. The summed E-state index contributed by atoms with van der Waals surface area (Å²) < 4.78 is 2.07. The SMILES string of the molecule is Cc1nn(C(C)C)c(N2CC(C)CC2C)c1N.